The molecule has 0 aliphatic carbocycles. The lowest BCUT2D eigenvalue weighted by molar-refractivity contribution is 0.112. The summed E-state index contributed by atoms with van der Waals surface area (Å²) in [7, 11) is 0. The molecule has 0 amide bonds. The normalized spacial score (nSPS) is 10.7. The van der Waals surface area contributed by atoms with Crippen molar-refractivity contribution in [3.05, 3.63) is 32.2 Å². The molecule has 0 fully saturated rings. The van der Waals surface area contributed by atoms with Gasteiger partial charge in [0.2, 0.25) is 0 Å². The third-order valence-electron chi connectivity index (χ3n) is 1.96. The summed E-state index contributed by atoms with van der Waals surface area (Å²) in [5.74, 6) is 0.514. The molecule has 0 bridgehead atoms. The van der Waals surface area contributed by atoms with Crippen molar-refractivity contribution in [1.82, 2.24) is 0 Å². The maximum atomic E-state index is 10.6. The van der Waals surface area contributed by atoms with Crippen molar-refractivity contribution in [3.8, 4) is 0 Å². The van der Waals surface area contributed by atoms with Gasteiger partial charge in [-0.05, 0) is 51.7 Å². The van der Waals surface area contributed by atoms with Gasteiger partial charge in [-0.2, -0.15) is 0 Å². The fourth-order valence-electron chi connectivity index (χ4n) is 1.29. The van der Waals surface area contributed by atoms with Gasteiger partial charge in [-0.15, -0.1) is 22.9 Å². The van der Waals surface area contributed by atoms with Gasteiger partial charge in [-0.1, -0.05) is 0 Å². The van der Waals surface area contributed by atoms with Gasteiger partial charge >= 0.3 is 0 Å². The quantitative estimate of drug-likeness (QED) is 0.459. The van der Waals surface area contributed by atoms with Gasteiger partial charge in [0.25, 0.3) is 0 Å². The molecule has 1 aromatic heterocycles. The molecule has 0 atom stereocenters. The summed E-state index contributed by atoms with van der Waals surface area (Å²) in [5, 5.41) is 1.10. The molecular weight excluding hydrogens is 331 g/mol. The molecular formula is C10H6ClIOS. The van der Waals surface area contributed by atoms with Crippen LogP contribution in [0.3, 0.4) is 0 Å². The first-order chi connectivity index (χ1) is 6.74. The van der Waals surface area contributed by atoms with Crippen molar-refractivity contribution in [2.75, 3.05) is 0 Å². The zero-order valence-corrected chi connectivity index (χ0v) is 10.8. The van der Waals surface area contributed by atoms with Crippen molar-refractivity contribution in [2.24, 2.45) is 0 Å². The summed E-state index contributed by atoms with van der Waals surface area (Å²) in [6, 6.07) is 6.03. The molecule has 1 nitrogen and oxygen atoms in total. The fraction of sp³-hybridized carbons (Fsp3) is 0.100. The van der Waals surface area contributed by atoms with E-state index in [4.69, 9.17) is 11.6 Å². The van der Waals surface area contributed by atoms with Crippen LogP contribution in [0.5, 0.6) is 0 Å². The molecule has 0 radical (unpaired) electrons. The van der Waals surface area contributed by atoms with Gasteiger partial charge in [0.05, 0.1) is 4.88 Å². The monoisotopic (exact) mass is 336 g/mol. The molecule has 2 rings (SSSR count). The first kappa shape index (κ1) is 10.4. The predicted octanol–water partition coefficient (Wildman–Crippen LogP) is 4.06. The van der Waals surface area contributed by atoms with E-state index < -0.39 is 0 Å². The van der Waals surface area contributed by atoms with E-state index in [0.29, 0.717) is 5.88 Å². The van der Waals surface area contributed by atoms with E-state index in [-0.39, 0.29) is 0 Å². The minimum Gasteiger partial charge on any atom is -0.297 e. The second-order valence-corrected chi connectivity index (χ2v) is 5.43. The van der Waals surface area contributed by atoms with E-state index in [1.165, 1.54) is 11.3 Å². The van der Waals surface area contributed by atoms with E-state index >= 15 is 0 Å². The Labute approximate surface area is 104 Å². The van der Waals surface area contributed by atoms with Crippen LogP contribution in [-0.4, -0.2) is 6.29 Å². The zero-order valence-electron chi connectivity index (χ0n) is 7.09. The van der Waals surface area contributed by atoms with Crippen LogP contribution in [0.4, 0.5) is 0 Å². The molecule has 14 heavy (non-hydrogen) atoms. The number of hydrogen-bond donors (Lipinski definition) is 0. The number of carbonyl (C=O) groups is 1. The van der Waals surface area contributed by atoms with Gasteiger partial charge in [-0.25, -0.2) is 0 Å². The smallest absolute Gasteiger partial charge is 0.160 e. The van der Waals surface area contributed by atoms with Crippen LogP contribution in [0.2, 0.25) is 0 Å². The number of thiophene rings is 1. The summed E-state index contributed by atoms with van der Waals surface area (Å²) in [4.78, 5) is 11.4. The summed E-state index contributed by atoms with van der Waals surface area (Å²) in [6.45, 7) is 0. The lowest BCUT2D eigenvalue weighted by Gasteiger charge is -1.99. The SMILES string of the molecule is O=Cc1cc2cc(CCl)c(I)cc2s1. The van der Waals surface area contributed by atoms with Crippen LogP contribution in [0.15, 0.2) is 18.2 Å². The second kappa shape index (κ2) is 4.16. The lowest BCUT2D eigenvalue weighted by atomic mass is 10.2. The number of hydrogen-bond acceptors (Lipinski definition) is 2. The molecule has 0 saturated carbocycles. The first-order valence-corrected chi connectivity index (χ1v) is 6.40. The molecule has 1 aromatic carbocycles. The van der Waals surface area contributed by atoms with Gasteiger partial charge < -0.3 is 0 Å². The Morgan fingerprint density at radius 3 is 2.86 bits per heavy atom. The summed E-state index contributed by atoms with van der Waals surface area (Å²) in [5.41, 5.74) is 1.12. The number of aldehydes is 1. The highest BCUT2D eigenvalue weighted by Crippen LogP contribution is 2.29. The topological polar surface area (TPSA) is 17.1 Å². The summed E-state index contributed by atoms with van der Waals surface area (Å²) in [6.07, 6.45) is 0.887. The number of rotatable bonds is 2. The van der Waals surface area contributed by atoms with E-state index in [0.717, 1.165) is 30.4 Å². The summed E-state index contributed by atoms with van der Waals surface area (Å²) >= 11 is 9.58. The Kier molecular flexibility index (Phi) is 3.09. The number of carbonyl (C=O) groups excluding carboxylic acids is 1. The standard InChI is InChI=1S/C10H6ClIOS/c11-4-7-1-6-2-8(5-13)14-10(6)3-9(7)12/h1-3,5H,4H2. The Balaban J connectivity index is 2.69. The fourth-order valence-corrected chi connectivity index (χ4v) is 3.51. The molecule has 0 spiro atoms. The van der Waals surface area contributed by atoms with Crippen molar-refractivity contribution in [2.45, 2.75) is 5.88 Å². The minimum atomic E-state index is 0.514. The number of alkyl halides is 1. The van der Waals surface area contributed by atoms with Crippen molar-refractivity contribution < 1.29 is 4.79 Å². The average Bonchev–Trinajstić information content (AvgIpc) is 2.58. The Morgan fingerprint density at radius 2 is 2.21 bits per heavy atom. The highest BCUT2D eigenvalue weighted by Gasteiger charge is 2.05. The number of fused-ring (bicyclic) bond motifs is 1. The average molecular weight is 337 g/mol. The highest BCUT2D eigenvalue weighted by molar-refractivity contribution is 14.1. The van der Waals surface area contributed by atoms with Gasteiger partial charge in [0.15, 0.2) is 6.29 Å². The molecule has 0 unspecified atom stereocenters. The lowest BCUT2D eigenvalue weighted by Crippen LogP contribution is -1.82. The third-order valence-corrected chi connectivity index (χ3v) is 4.28. The van der Waals surface area contributed by atoms with Crippen LogP contribution >= 0.6 is 45.5 Å². The highest BCUT2D eigenvalue weighted by atomic mass is 127. The maximum Gasteiger partial charge on any atom is 0.160 e. The van der Waals surface area contributed by atoms with Crippen molar-refractivity contribution in [1.29, 1.82) is 0 Å². The van der Waals surface area contributed by atoms with Gasteiger partial charge in [0.1, 0.15) is 0 Å². The molecule has 0 aliphatic heterocycles. The zero-order chi connectivity index (χ0) is 10.1. The first-order valence-electron chi connectivity index (χ1n) is 3.97. The largest absolute Gasteiger partial charge is 0.297 e. The third kappa shape index (κ3) is 1.81. The van der Waals surface area contributed by atoms with Crippen molar-refractivity contribution >= 4 is 61.9 Å². The van der Waals surface area contributed by atoms with Gasteiger partial charge in [-0.3, -0.25) is 4.79 Å². The predicted molar refractivity (Wildman–Crippen MR) is 69.5 cm³/mol. The Bertz CT molecular complexity index is 492. The molecule has 0 aliphatic rings. The van der Waals surface area contributed by atoms with Crippen LogP contribution in [0, 0.1) is 3.57 Å². The number of halogens is 2. The minimum absolute atomic E-state index is 0.514. The Morgan fingerprint density at radius 1 is 1.43 bits per heavy atom. The van der Waals surface area contributed by atoms with Crippen LogP contribution in [-0.2, 0) is 5.88 Å². The maximum absolute atomic E-state index is 10.6. The molecule has 0 saturated heterocycles. The van der Waals surface area contributed by atoms with E-state index in [9.17, 15) is 4.79 Å². The Hall–Kier alpha value is -0.130. The molecule has 72 valence electrons. The van der Waals surface area contributed by atoms with Crippen LogP contribution < -0.4 is 0 Å². The van der Waals surface area contributed by atoms with E-state index in [1.807, 2.05) is 12.1 Å². The van der Waals surface area contributed by atoms with E-state index in [2.05, 4.69) is 28.7 Å². The number of benzene rings is 1. The molecule has 1 heterocycles. The van der Waals surface area contributed by atoms with Crippen LogP contribution in [0.1, 0.15) is 15.2 Å². The van der Waals surface area contributed by atoms with Crippen molar-refractivity contribution in [3.63, 3.8) is 0 Å². The summed E-state index contributed by atoms with van der Waals surface area (Å²) < 4.78 is 2.30. The van der Waals surface area contributed by atoms with Crippen LogP contribution in [0.25, 0.3) is 10.1 Å². The molecule has 4 heteroatoms. The second-order valence-electron chi connectivity index (χ2n) is 2.88. The van der Waals surface area contributed by atoms with E-state index in [1.54, 1.807) is 0 Å². The molecule has 0 N–H and O–H groups in total. The molecule has 2 aromatic rings. The van der Waals surface area contributed by atoms with Gasteiger partial charge in [0, 0.05) is 14.2 Å².